The summed E-state index contributed by atoms with van der Waals surface area (Å²) in [5, 5.41) is 2.58. The second-order valence-corrected chi connectivity index (χ2v) is 5.28. The quantitative estimate of drug-likeness (QED) is 0.901. The summed E-state index contributed by atoms with van der Waals surface area (Å²) >= 11 is 0. The highest BCUT2D eigenvalue weighted by Crippen LogP contribution is 2.20. The number of hydrogen-bond acceptors (Lipinski definition) is 4. The van der Waals surface area contributed by atoms with Crippen LogP contribution >= 0.6 is 0 Å². The standard InChI is InChI=1S/C18H19FN2O4/c1-12(17(22)20-14-6-4-5-13(19)11-14)25-16-9-7-15(8-10-16)21(2)18(23)24-3/h4-12H,1-3H3,(H,20,22)/t12-/m0/s1. The van der Waals surface area contributed by atoms with E-state index in [9.17, 15) is 14.0 Å². The normalized spacial score (nSPS) is 11.4. The lowest BCUT2D eigenvalue weighted by Crippen LogP contribution is -2.30. The topological polar surface area (TPSA) is 67.9 Å². The molecule has 6 nitrogen and oxygen atoms in total. The number of carbonyl (C=O) groups excluding carboxylic acids is 2. The number of benzene rings is 2. The number of amides is 2. The molecule has 0 aliphatic carbocycles. The first kappa shape index (κ1) is 18.3. The van der Waals surface area contributed by atoms with Crippen molar-refractivity contribution >= 4 is 23.4 Å². The molecule has 132 valence electrons. The summed E-state index contributed by atoms with van der Waals surface area (Å²) in [6, 6.07) is 12.2. The lowest BCUT2D eigenvalue weighted by atomic mass is 10.2. The molecule has 0 fully saturated rings. The summed E-state index contributed by atoms with van der Waals surface area (Å²) in [6.45, 7) is 1.59. The predicted octanol–water partition coefficient (Wildman–Crippen LogP) is 3.43. The van der Waals surface area contributed by atoms with E-state index in [-0.39, 0.29) is 0 Å². The zero-order valence-electron chi connectivity index (χ0n) is 14.2. The lowest BCUT2D eigenvalue weighted by Gasteiger charge is -2.17. The Bertz CT molecular complexity index is 749. The molecule has 0 heterocycles. The van der Waals surface area contributed by atoms with Gasteiger partial charge < -0.3 is 14.8 Å². The van der Waals surface area contributed by atoms with Crippen molar-refractivity contribution < 1.29 is 23.5 Å². The number of hydrogen-bond donors (Lipinski definition) is 1. The van der Waals surface area contributed by atoms with Crippen LogP contribution in [0.4, 0.5) is 20.6 Å². The van der Waals surface area contributed by atoms with E-state index in [2.05, 4.69) is 10.1 Å². The molecule has 0 saturated carbocycles. The highest BCUT2D eigenvalue weighted by atomic mass is 19.1. The Kier molecular flexibility index (Phi) is 5.94. The van der Waals surface area contributed by atoms with E-state index in [0.717, 1.165) is 0 Å². The van der Waals surface area contributed by atoms with Crippen molar-refractivity contribution in [3.63, 3.8) is 0 Å². The van der Waals surface area contributed by atoms with E-state index < -0.39 is 23.9 Å². The van der Waals surface area contributed by atoms with E-state index in [1.165, 1.54) is 30.2 Å². The number of ether oxygens (including phenoxy) is 2. The van der Waals surface area contributed by atoms with Gasteiger partial charge in [0.2, 0.25) is 0 Å². The molecule has 0 radical (unpaired) electrons. The Labute approximate surface area is 145 Å². The molecule has 2 rings (SSSR count). The van der Waals surface area contributed by atoms with Crippen molar-refractivity contribution in [2.75, 3.05) is 24.4 Å². The molecule has 1 N–H and O–H groups in total. The van der Waals surface area contributed by atoms with Gasteiger partial charge in [-0.1, -0.05) is 6.07 Å². The third kappa shape index (κ3) is 4.94. The molecule has 1 atom stereocenters. The van der Waals surface area contributed by atoms with Crippen LogP contribution < -0.4 is 15.0 Å². The van der Waals surface area contributed by atoms with E-state index in [0.29, 0.717) is 17.1 Å². The van der Waals surface area contributed by atoms with E-state index in [4.69, 9.17) is 4.74 Å². The van der Waals surface area contributed by atoms with E-state index in [1.807, 2.05) is 0 Å². The van der Waals surface area contributed by atoms with Gasteiger partial charge in [-0.25, -0.2) is 9.18 Å². The van der Waals surface area contributed by atoms with Gasteiger partial charge in [-0.15, -0.1) is 0 Å². The molecule has 2 amide bonds. The average molecular weight is 346 g/mol. The van der Waals surface area contributed by atoms with Crippen LogP contribution in [0.3, 0.4) is 0 Å². The van der Waals surface area contributed by atoms with Crippen molar-refractivity contribution in [2.45, 2.75) is 13.0 Å². The molecule has 2 aromatic carbocycles. The maximum absolute atomic E-state index is 13.1. The fraction of sp³-hybridized carbons (Fsp3) is 0.222. The minimum absolute atomic E-state index is 0.357. The molecule has 7 heteroatoms. The molecule has 0 aliphatic heterocycles. The molecular weight excluding hydrogens is 327 g/mol. The molecule has 2 aromatic rings. The summed E-state index contributed by atoms with van der Waals surface area (Å²) in [6.07, 6.45) is -1.27. The second-order valence-electron chi connectivity index (χ2n) is 5.28. The van der Waals surface area contributed by atoms with Gasteiger partial charge in [0.1, 0.15) is 11.6 Å². The van der Waals surface area contributed by atoms with Crippen LogP contribution in [0.5, 0.6) is 5.75 Å². The molecular formula is C18H19FN2O4. The van der Waals surface area contributed by atoms with Gasteiger partial charge in [-0.2, -0.15) is 0 Å². The van der Waals surface area contributed by atoms with Crippen LogP contribution in [0, 0.1) is 5.82 Å². The maximum atomic E-state index is 13.1. The molecule has 0 bridgehead atoms. The van der Waals surface area contributed by atoms with E-state index in [1.54, 1.807) is 44.3 Å². The zero-order chi connectivity index (χ0) is 18.4. The number of methoxy groups -OCH3 is 1. The number of nitrogens with one attached hydrogen (secondary N) is 1. The number of anilines is 2. The van der Waals surface area contributed by atoms with Crippen molar-refractivity contribution in [1.29, 1.82) is 0 Å². The zero-order valence-corrected chi connectivity index (χ0v) is 14.2. The molecule has 0 unspecified atom stereocenters. The van der Waals surface area contributed by atoms with Crippen LogP contribution in [-0.4, -0.2) is 32.3 Å². The summed E-state index contributed by atoms with van der Waals surface area (Å²) in [4.78, 5) is 24.9. The van der Waals surface area contributed by atoms with Crippen LogP contribution in [0.25, 0.3) is 0 Å². The van der Waals surface area contributed by atoms with Gasteiger partial charge in [0, 0.05) is 18.4 Å². The van der Waals surface area contributed by atoms with Crippen molar-refractivity contribution in [3.05, 3.63) is 54.3 Å². The fourth-order valence-electron chi connectivity index (χ4n) is 2.06. The largest absolute Gasteiger partial charge is 0.481 e. The maximum Gasteiger partial charge on any atom is 0.413 e. The number of halogens is 1. The number of carbonyl (C=O) groups is 2. The average Bonchev–Trinajstić information content (AvgIpc) is 2.61. The Balaban J connectivity index is 1.96. The van der Waals surface area contributed by atoms with Gasteiger partial charge >= 0.3 is 6.09 Å². The Hall–Kier alpha value is -3.09. The smallest absolute Gasteiger partial charge is 0.413 e. The molecule has 0 aliphatic rings. The molecule has 0 saturated heterocycles. The van der Waals surface area contributed by atoms with Crippen LogP contribution in [-0.2, 0) is 9.53 Å². The van der Waals surface area contributed by atoms with Crippen molar-refractivity contribution in [1.82, 2.24) is 0 Å². The van der Waals surface area contributed by atoms with Gasteiger partial charge in [0.15, 0.2) is 6.10 Å². The minimum atomic E-state index is -0.785. The molecule has 0 spiro atoms. The van der Waals surface area contributed by atoms with Crippen LogP contribution in [0.1, 0.15) is 6.92 Å². The van der Waals surface area contributed by atoms with Gasteiger partial charge in [-0.3, -0.25) is 9.69 Å². The van der Waals surface area contributed by atoms with Gasteiger partial charge in [0.25, 0.3) is 5.91 Å². The minimum Gasteiger partial charge on any atom is -0.481 e. The monoisotopic (exact) mass is 346 g/mol. The SMILES string of the molecule is COC(=O)N(C)c1ccc(O[C@@H](C)C(=O)Nc2cccc(F)c2)cc1. The number of rotatable bonds is 5. The first-order valence-electron chi connectivity index (χ1n) is 7.55. The highest BCUT2D eigenvalue weighted by Gasteiger charge is 2.16. The van der Waals surface area contributed by atoms with Crippen molar-refractivity contribution in [2.24, 2.45) is 0 Å². The van der Waals surface area contributed by atoms with Gasteiger partial charge in [-0.05, 0) is 49.4 Å². The summed E-state index contributed by atoms with van der Waals surface area (Å²) in [5.41, 5.74) is 0.978. The third-order valence-electron chi connectivity index (χ3n) is 3.45. The van der Waals surface area contributed by atoms with Gasteiger partial charge in [0.05, 0.1) is 7.11 Å². The summed E-state index contributed by atoms with van der Waals surface area (Å²) in [5.74, 6) is -0.373. The summed E-state index contributed by atoms with van der Waals surface area (Å²) < 4.78 is 23.3. The fourth-order valence-corrected chi connectivity index (χ4v) is 2.06. The second kappa shape index (κ2) is 8.14. The van der Waals surface area contributed by atoms with Crippen LogP contribution in [0.2, 0.25) is 0 Å². The predicted molar refractivity (Wildman–Crippen MR) is 92.4 cm³/mol. The lowest BCUT2D eigenvalue weighted by molar-refractivity contribution is -0.122. The van der Waals surface area contributed by atoms with Crippen LogP contribution in [0.15, 0.2) is 48.5 Å². The molecule has 25 heavy (non-hydrogen) atoms. The highest BCUT2D eigenvalue weighted by molar-refractivity contribution is 5.94. The molecule has 0 aromatic heterocycles. The Morgan fingerprint density at radius 3 is 2.44 bits per heavy atom. The first-order chi connectivity index (χ1) is 11.9. The first-order valence-corrected chi connectivity index (χ1v) is 7.55. The number of nitrogens with zero attached hydrogens (tertiary/aromatic N) is 1. The Morgan fingerprint density at radius 2 is 1.84 bits per heavy atom. The van der Waals surface area contributed by atoms with E-state index >= 15 is 0 Å². The van der Waals surface area contributed by atoms with Crippen molar-refractivity contribution in [3.8, 4) is 5.75 Å². The third-order valence-corrected chi connectivity index (χ3v) is 3.45. The summed E-state index contributed by atoms with van der Waals surface area (Å²) in [7, 11) is 2.88. The Morgan fingerprint density at radius 1 is 1.16 bits per heavy atom.